The van der Waals surface area contributed by atoms with Crippen LogP contribution in [0, 0.1) is 0 Å². The molecule has 1 aliphatic rings. The summed E-state index contributed by atoms with van der Waals surface area (Å²) in [7, 11) is 1.60. The molecular weight excluding hydrogens is 244 g/mol. The average molecular weight is 266 g/mol. The van der Waals surface area contributed by atoms with Gasteiger partial charge in [-0.15, -0.1) is 0 Å². The van der Waals surface area contributed by atoms with Gasteiger partial charge in [0.2, 0.25) is 0 Å². The lowest BCUT2D eigenvalue weighted by molar-refractivity contribution is -0.223. The zero-order valence-corrected chi connectivity index (χ0v) is 12.1. The van der Waals surface area contributed by atoms with Gasteiger partial charge in [0.25, 0.3) is 0 Å². The van der Waals surface area contributed by atoms with Crippen LogP contribution in [-0.4, -0.2) is 38.7 Å². The molecule has 5 nitrogen and oxygen atoms in total. The summed E-state index contributed by atoms with van der Waals surface area (Å²) in [5.74, 6) is 0.745. The van der Waals surface area contributed by atoms with E-state index in [1.54, 1.807) is 7.11 Å². The molecule has 0 spiro atoms. The van der Waals surface area contributed by atoms with Crippen molar-refractivity contribution < 1.29 is 15.2 Å². The molecule has 0 aromatic heterocycles. The normalized spacial score (nSPS) is 23.7. The van der Waals surface area contributed by atoms with Gasteiger partial charge in [0.1, 0.15) is 11.9 Å². The molecule has 1 aromatic carbocycles. The van der Waals surface area contributed by atoms with E-state index in [0.29, 0.717) is 0 Å². The van der Waals surface area contributed by atoms with Crippen LogP contribution in [0.3, 0.4) is 0 Å². The Morgan fingerprint density at radius 3 is 1.74 bits per heavy atom. The Morgan fingerprint density at radius 2 is 1.37 bits per heavy atom. The maximum atomic E-state index is 10.4. The van der Waals surface area contributed by atoms with Crippen LogP contribution in [0.2, 0.25) is 0 Å². The van der Waals surface area contributed by atoms with Crippen LogP contribution in [0.1, 0.15) is 39.4 Å². The van der Waals surface area contributed by atoms with E-state index < -0.39 is 17.2 Å². The molecule has 1 aromatic rings. The van der Waals surface area contributed by atoms with E-state index in [-0.39, 0.29) is 0 Å². The van der Waals surface area contributed by atoms with Gasteiger partial charge in [-0.3, -0.25) is 0 Å². The first-order chi connectivity index (χ1) is 8.73. The maximum Gasteiger partial charge on any atom is 0.136 e. The van der Waals surface area contributed by atoms with Gasteiger partial charge in [-0.1, -0.05) is 12.1 Å². The lowest BCUT2D eigenvalue weighted by Crippen LogP contribution is -2.52. The molecule has 0 bridgehead atoms. The Kier molecular flexibility index (Phi) is 3.35. The van der Waals surface area contributed by atoms with Crippen molar-refractivity contribution in [1.29, 1.82) is 0 Å². The third-order valence-electron chi connectivity index (χ3n) is 4.52. The molecule has 2 N–H and O–H groups in total. The predicted octanol–water partition coefficient (Wildman–Crippen LogP) is 2.65. The summed E-state index contributed by atoms with van der Waals surface area (Å²) in [6.07, 6.45) is -0.587. The van der Waals surface area contributed by atoms with Crippen LogP contribution >= 0.6 is 0 Å². The third kappa shape index (κ3) is 1.94. The highest BCUT2D eigenvalue weighted by molar-refractivity contribution is 5.30. The zero-order chi connectivity index (χ0) is 14.4. The largest absolute Gasteiger partial charge is 0.497 e. The number of rotatable bonds is 2. The molecule has 0 atom stereocenters. The Bertz CT molecular complexity index is 436. The molecule has 19 heavy (non-hydrogen) atoms. The SMILES string of the molecule is COc1ccc(C2N(O)C(C)(C)C(C)(C)N2O)cc1. The van der Waals surface area contributed by atoms with Crippen molar-refractivity contribution in [2.75, 3.05) is 7.11 Å². The van der Waals surface area contributed by atoms with Gasteiger partial charge in [-0.05, 0) is 45.4 Å². The van der Waals surface area contributed by atoms with Crippen LogP contribution < -0.4 is 4.74 Å². The highest BCUT2D eigenvalue weighted by atomic mass is 16.6. The summed E-state index contributed by atoms with van der Waals surface area (Å²) < 4.78 is 5.12. The number of hydroxylamine groups is 4. The van der Waals surface area contributed by atoms with E-state index >= 15 is 0 Å². The molecule has 1 saturated heterocycles. The molecule has 106 valence electrons. The highest BCUT2D eigenvalue weighted by Gasteiger charge is 2.58. The van der Waals surface area contributed by atoms with E-state index in [9.17, 15) is 10.4 Å². The van der Waals surface area contributed by atoms with Crippen LogP contribution in [0.5, 0.6) is 5.75 Å². The minimum atomic E-state index is -0.587. The standard InChI is InChI=1S/C14H22N2O3/c1-13(2)14(3,4)16(18)12(15(13)17)10-6-8-11(19-5)9-7-10/h6-9,12,17-18H,1-5H3. The summed E-state index contributed by atoms with van der Waals surface area (Å²) in [6.45, 7) is 7.61. The number of nitrogens with zero attached hydrogens (tertiary/aromatic N) is 2. The molecule has 5 heteroatoms. The fourth-order valence-electron chi connectivity index (χ4n) is 2.33. The highest BCUT2D eigenvalue weighted by Crippen LogP contribution is 2.47. The number of hydrogen-bond donors (Lipinski definition) is 2. The van der Waals surface area contributed by atoms with Crippen LogP contribution in [0.15, 0.2) is 24.3 Å². The minimum absolute atomic E-state index is 0.577. The van der Waals surface area contributed by atoms with Crippen molar-refractivity contribution in [1.82, 2.24) is 10.1 Å². The van der Waals surface area contributed by atoms with Gasteiger partial charge in [0.05, 0.1) is 18.2 Å². The molecule has 1 aliphatic heterocycles. The van der Waals surface area contributed by atoms with E-state index in [4.69, 9.17) is 4.74 Å². The molecular formula is C14H22N2O3. The van der Waals surface area contributed by atoms with Crippen molar-refractivity contribution in [3.8, 4) is 5.75 Å². The van der Waals surface area contributed by atoms with Gasteiger partial charge in [-0.2, -0.15) is 10.1 Å². The molecule has 1 heterocycles. The molecule has 0 radical (unpaired) electrons. The number of benzene rings is 1. The van der Waals surface area contributed by atoms with Crippen molar-refractivity contribution in [2.24, 2.45) is 0 Å². The topological polar surface area (TPSA) is 56.2 Å². The lowest BCUT2D eigenvalue weighted by Gasteiger charge is -2.37. The Balaban J connectivity index is 2.39. The molecule has 0 amide bonds. The monoisotopic (exact) mass is 266 g/mol. The number of hydrogen-bond acceptors (Lipinski definition) is 5. The molecule has 1 fully saturated rings. The predicted molar refractivity (Wildman–Crippen MR) is 71.1 cm³/mol. The first-order valence-corrected chi connectivity index (χ1v) is 6.34. The van der Waals surface area contributed by atoms with Crippen molar-refractivity contribution >= 4 is 0 Å². The molecule has 0 unspecified atom stereocenters. The summed E-state index contributed by atoms with van der Waals surface area (Å²) in [5.41, 5.74) is -0.344. The van der Waals surface area contributed by atoms with Gasteiger partial charge in [0, 0.05) is 0 Å². The number of ether oxygens (including phenoxy) is 1. The van der Waals surface area contributed by atoms with E-state index in [0.717, 1.165) is 11.3 Å². The van der Waals surface area contributed by atoms with E-state index in [1.165, 1.54) is 10.1 Å². The third-order valence-corrected chi connectivity index (χ3v) is 4.52. The van der Waals surface area contributed by atoms with E-state index in [2.05, 4.69) is 0 Å². The van der Waals surface area contributed by atoms with Crippen LogP contribution in [0.25, 0.3) is 0 Å². The Hall–Kier alpha value is -1.14. The van der Waals surface area contributed by atoms with Gasteiger partial charge < -0.3 is 15.2 Å². The average Bonchev–Trinajstić information content (AvgIpc) is 2.49. The summed E-state index contributed by atoms with van der Waals surface area (Å²) in [6, 6.07) is 7.31. The smallest absolute Gasteiger partial charge is 0.136 e. The quantitative estimate of drug-likeness (QED) is 0.862. The lowest BCUT2D eigenvalue weighted by atomic mass is 9.84. The fraction of sp³-hybridized carbons (Fsp3) is 0.571. The Morgan fingerprint density at radius 1 is 0.947 bits per heavy atom. The van der Waals surface area contributed by atoms with Crippen LogP contribution in [0.4, 0.5) is 0 Å². The fourth-order valence-corrected chi connectivity index (χ4v) is 2.33. The zero-order valence-electron chi connectivity index (χ0n) is 12.1. The maximum absolute atomic E-state index is 10.4. The van der Waals surface area contributed by atoms with Gasteiger partial charge in [-0.25, -0.2) is 0 Å². The first-order valence-electron chi connectivity index (χ1n) is 6.34. The van der Waals surface area contributed by atoms with Crippen molar-refractivity contribution in [2.45, 2.75) is 44.9 Å². The summed E-state index contributed by atoms with van der Waals surface area (Å²) in [4.78, 5) is 0. The second-order valence-electron chi connectivity index (χ2n) is 5.95. The second kappa shape index (κ2) is 4.45. The van der Waals surface area contributed by atoms with Crippen molar-refractivity contribution in [3.05, 3.63) is 29.8 Å². The molecule has 2 rings (SSSR count). The van der Waals surface area contributed by atoms with Crippen LogP contribution in [-0.2, 0) is 0 Å². The first kappa shape index (κ1) is 14.3. The second-order valence-corrected chi connectivity index (χ2v) is 5.95. The Labute approximate surface area is 113 Å². The van der Waals surface area contributed by atoms with E-state index in [1.807, 2.05) is 52.0 Å². The number of methoxy groups -OCH3 is 1. The summed E-state index contributed by atoms with van der Waals surface area (Å²) in [5, 5.41) is 23.2. The van der Waals surface area contributed by atoms with Gasteiger partial charge in [0.15, 0.2) is 0 Å². The molecule has 0 aliphatic carbocycles. The minimum Gasteiger partial charge on any atom is -0.497 e. The molecule has 0 saturated carbocycles. The van der Waals surface area contributed by atoms with Crippen molar-refractivity contribution in [3.63, 3.8) is 0 Å². The summed E-state index contributed by atoms with van der Waals surface area (Å²) >= 11 is 0. The van der Waals surface area contributed by atoms with Gasteiger partial charge >= 0.3 is 0 Å².